The van der Waals surface area contributed by atoms with Crippen molar-refractivity contribution in [3.63, 3.8) is 0 Å². The molecule has 0 saturated carbocycles. The van der Waals surface area contributed by atoms with Crippen molar-refractivity contribution in [2.24, 2.45) is 0 Å². The van der Waals surface area contributed by atoms with Crippen LogP contribution in [0.1, 0.15) is 40.9 Å². The van der Waals surface area contributed by atoms with Crippen LogP contribution >= 0.6 is 15.9 Å². The molecule has 2 N–H and O–H groups in total. The van der Waals surface area contributed by atoms with Crippen molar-refractivity contribution in [1.29, 1.82) is 0 Å². The first-order valence-electron chi connectivity index (χ1n) is 7.86. The third-order valence-electron chi connectivity index (χ3n) is 3.78. The van der Waals surface area contributed by atoms with Gasteiger partial charge in [-0.05, 0) is 37.1 Å². The summed E-state index contributed by atoms with van der Waals surface area (Å²) in [4.78, 5) is 24.1. The van der Waals surface area contributed by atoms with Crippen molar-refractivity contribution in [2.45, 2.75) is 26.3 Å². The van der Waals surface area contributed by atoms with Gasteiger partial charge in [0.25, 0.3) is 5.91 Å². The highest BCUT2D eigenvalue weighted by atomic mass is 79.9. The molecule has 5 heteroatoms. The molecule has 2 aromatic rings. The summed E-state index contributed by atoms with van der Waals surface area (Å²) in [7, 11) is 0. The highest BCUT2D eigenvalue weighted by Crippen LogP contribution is 2.22. The summed E-state index contributed by atoms with van der Waals surface area (Å²) in [5.41, 5.74) is 2.58. The smallest absolute Gasteiger partial charge is 0.251 e. The Bertz CT molecular complexity index is 731. The molecule has 126 valence electrons. The second-order valence-electron chi connectivity index (χ2n) is 5.63. The fraction of sp³-hybridized carbons (Fsp3) is 0.263. The molecule has 0 saturated heterocycles. The summed E-state index contributed by atoms with van der Waals surface area (Å²) in [5.74, 6) is -0.247. The number of rotatable bonds is 6. The van der Waals surface area contributed by atoms with Gasteiger partial charge in [-0.2, -0.15) is 0 Å². The number of aryl methyl sites for hydroxylation is 1. The van der Waals surface area contributed by atoms with E-state index in [1.165, 1.54) is 0 Å². The number of amides is 2. The molecule has 0 radical (unpaired) electrons. The minimum atomic E-state index is -0.153. The third kappa shape index (κ3) is 4.93. The van der Waals surface area contributed by atoms with E-state index in [1.807, 2.05) is 56.3 Å². The molecule has 2 rings (SSSR count). The normalized spacial score (nSPS) is 11.6. The number of carbonyl (C=O) groups is 2. The molecule has 1 atom stereocenters. The van der Waals surface area contributed by atoms with Crippen LogP contribution in [0.4, 0.5) is 0 Å². The number of carbonyl (C=O) groups excluding carboxylic acids is 2. The van der Waals surface area contributed by atoms with Gasteiger partial charge in [-0.1, -0.05) is 52.3 Å². The standard InChI is InChI=1S/C19H21BrN2O2/c1-13-7-3-4-8-15(13)19(24)21-12-11-18(23)22-14(2)16-9-5-6-10-17(16)20/h3-10,14H,11-12H2,1-2H3,(H,21,24)(H,22,23)/t14-/m0/s1. The zero-order chi connectivity index (χ0) is 17.5. The maximum Gasteiger partial charge on any atom is 0.251 e. The van der Waals surface area contributed by atoms with Crippen molar-refractivity contribution in [3.8, 4) is 0 Å². The summed E-state index contributed by atoms with van der Waals surface area (Å²) in [6.07, 6.45) is 0.242. The fourth-order valence-corrected chi connectivity index (χ4v) is 3.06. The molecule has 0 aliphatic heterocycles. The Balaban J connectivity index is 1.80. The van der Waals surface area contributed by atoms with Gasteiger partial charge in [-0.25, -0.2) is 0 Å². The molecule has 0 heterocycles. The van der Waals surface area contributed by atoms with Crippen LogP contribution in [-0.4, -0.2) is 18.4 Å². The van der Waals surface area contributed by atoms with Crippen LogP contribution in [0.15, 0.2) is 53.0 Å². The number of hydrogen-bond donors (Lipinski definition) is 2. The summed E-state index contributed by atoms with van der Waals surface area (Å²) >= 11 is 3.48. The van der Waals surface area contributed by atoms with Gasteiger partial charge >= 0.3 is 0 Å². The average molecular weight is 389 g/mol. The van der Waals surface area contributed by atoms with Crippen LogP contribution in [0.2, 0.25) is 0 Å². The van der Waals surface area contributed by atoms with E-state index in [2.05, 4.69) is 26.6 Å². The second-order valence-corrected chi connectivity index (χ2v) is 6.49. The van der Waals surface area contributed by atoms with Crippen LogP contribution in [-0.2, 0) is 4.79 Å². The predicted molar refractivity (Wildman–Crippen MR) is 98.8 cm³/mol. The summed E-state index contributed by atoms with van der Waals surface area (Å²) in [6, 6.07) is 15.1. The molecule has 0 unspecified atom stereocenters. The monoisotopic (exact) mass is 388 g/mol. The Labute approximate surface area is 150 Å². The SMILES string of the molecule is Cc1ccccc1C(=O)NCCC(=O)N[C@@H](C)c1ccccc1Br. The molecule has 0 spiro atoms. The van der Waals surface area contributed by atoms with E-state index >= 15 is 0 Å². The topological polar surface area (TPSA) is 58.2 Å². The van der Waals surface area contributed by atoms with E-state index in [1.54, 1.807) is 6.07 Å². The lowest BCUT2D eigenvalue weighted by atomic mass is 10.1. The molecule has 2 amide bonds. The Hall–Kier alpha value is -2.14. The predicted octanol–water partition coefficient (Wildman–Crippen LogP) is 3.75. The first-order valence-corrected chi connectivity index (χ1v) is 8.66. The van der Waals surface area contributed by atoms with Crippen molar-refractivity contribution >= 4 is 27.7 Å². The molecular formula is C19H21BrN2O2. The highest BCUT2D eigenvalue weighted by Gasteiger charge is 2.13. The third-order valence-corrected chi connectivity index (χ3v) is 4.50. The van der Waals surface area contributed by atoms with Crippen molar-refractivity contribution in [1.82, 2.24) is 10.6 Å². The molecule has 2 aromatic carbocycles. The molecule has 4 nitrogen and oxygen atoms in total. The van der Waals surface area contributed by atoms with Crippen LogP contribution in [0.25, 0.3) is 0 Å². The zero-order valence-electron chi connectivity index (χ0n) is 13.8. The van der Waals surface area contributed by atoms with Gasteiger partial charge in [0.05, 0.1) is 6.04 Å². The van der Waals surface area contributed by atoms with Crippen molar-refractivity contribution < 1.29 is 9.59 Å². The van der Waals surface area contributed by atoms with E-state index < -0.39 is 0 Å². The van der Waals surface area contributed by atoms with Crippen molar-refractivity contribution in [2.75, 3.05) is 6.54 Å². The number of nitrogens with one attached hydrogen (secondary N) is 2. The van der Waals surface area contributed by atoms with Crippen LogP contribution in [0.3, 0.4) is 0 Å². The van der Waals surface area contributed by atoms with E-state index in [4.69, 9.17) is 0 Å². The van der Waals surface area contributed by atoms with Gasteiger partial charge in [-0.3, -0.25) is 9.59 Å². The Kier molecular flexibility index (Phi) is 6.55. The van der Waals surface area contributed by atoms with E-state index in [0.29, 0.717) is 12.1 Å². The summed E-state index contributed by atoms with van der Waals surface area (Å²) < 4.78 is 0.964. The largest absolute Gasteiger partial charge is 0.352 e. The first kappa shape index (κ1) is 18.2. The Morgan fingerprint density at radius 2 is 1.75 bits per heavy atom. The lowest BCUT2D eigenvalue weighted by molar-refractivity contribution is -0.121. The molecule has 0 aliphatic carbocycles. The molecule has 0 fully saturated rings. The fourth-order valence-electron chi connectivity index (χ4n) is 2.43. The average Bonchev–Trinajstić information content (AvgIpc) is 2.55. The van der Waals surface area contributed by atoms with Gasteiger partial charge < -0.3 is 10.6 Å². The maximum atomic E-state index is 12.1. The van der Waals surface area contributed by atoms with Gasteiger partial charge in [-0.15, -0.1) is 0 Å². The van der Waals surface area contributed by atoms with Crippen LogP contribution < -0.4 is 10.6 Å². The molecule has 0 aliphatic rings. The summed E-state index contributed by atoms with van der Waals surface area (Å²) in [6.45, 7) is 4.13. The number of benzene rings is 2. The zero-order valence-corrected chi connectivity index (χ0v) is 15.4. The van der Waals surface area contributed by atoms with Gasteiger partial charge in [0.15, 0.2) is 0 Å². The minimum absolute atomic E-state index is 0.0941. The van der Waals surface area contributed by atoms with E-state index in [0.717, 1.165) is 15.6 Å². The van der Waals surface area contributed by atoms with Crippen LogP contribution in [0, 0.1) is 6.92 Å². The number of halogens is 1. The first-order chi connectivity index (χ1) is 11.5. The molecule has 24 heavy (non-hydrogen) atoms. The molecule has 0 bridgehead atoms. The quantitative estimate of drug-likeness (QED) is 0.791. The number of hydrogen-bond acceptors (Lipinski definition) is 2. The Morgan fingerprint density at radius 1 is 1.08 bits per heavy atom. The van der Waals surface area contributed by atoms with Gasteiger partial charge in [0.2, 0.25) is 5.91 Å². The van der Waals surface area contributed by atoms with Gasteiger partial charge in [0, 0.05) is 23.0 Å². The maximum absolute atomic E-state index is 12.1. The Morgan fingerprint density at radius 3 is 2.46 bits per heavy atom. The minimum Gasteiger partial charge on any atom is -0.352 e. The molecule has 0 aromatic heterocycles. The lowest BCUT2D eigenvalue weighted by Gasteiger charge is -2.16. The van der Waals surface area contributed by atoms with Crippen molar-refractivity contribution in [3.05, 3.63) is 69.7 Å². The van der Waals surface area contributed by atoms with E-state index in [9.17, 15) is 9.59 Å². The summed E-state index contributed by atoms with van der Waals surface area (Å²) in [5, 5.41) is 5.73. The van der Waals surface area contributed by atoms with Gasteiger partial charge in [0.1, 0.15) is 0 Å². The highest BCUT2D eigenvalue weighted by molar-refractivity contribution is 9.10. The second kappa shape index (κ2) is 8.64. The lowest BCUT2D eigenvalue weighted by Crippen LogP contribution is -2.32. The molecular weight excluding hydrogens is 368 g/mol. The van der Waals surface area contributed by atoms with E-state index in [-0.39, 0.29) is 24.3 Å². The van der Waals surface area contributed by atoms with Crippen LogP contribution in [0.5, 0.6) is 0 Å².